The Balaban J connectivity index is 0.000000640. The lowest BCUT2D eigenvalue weighted by Crippen LogP contribution is -2.26. The monoisotopic (exact) mass is 883 g/mol. The van der Waals surface area contributed by atoms with Gasteiger partial charge in [-0.05, 0) is 230 Å². The molecule has 358 valence electrons. The number of phenols is 2. The van der Waals surface area contributed by atoms with Gasteiger partial charge in [0.25, 0.3) is 0 Å². The summed E-state index contributed by atoms with van der Waals surface area (Å²) in [6.07, 6.45) is 27.4. The van der Waals surface area contributed by atoms with Crippen LogP contribution in [0.25, 0.3) is 0 Å². The van der Waals surface area contributed by atoms with Crippen molar-refractivity contribution in [2.75, 3.05) is 0 Å². The maximum atomic E-state index is 12.6. The van der Waals surface area contributed by atoms with Crippen LogP contribution in [0.3, 0.4) is 0 Å². The van der Waals surface area contributed by atoms with E-state index in [0.29, 0.717) is 77.5 Å². The van der Waals surface area contributed by atoms with Crippen LogP contribution in [0.2, 0.25) is 0 Å². The van der Waals surface area contributed by atoms with E-state index < -0.39 is 11.2 Å². The summed E-state index contributed by atoms with van der Waals surface area (Å²) in [5, 5.41) is 42.5. The molecule has 0 saturated heterocycles. The Labute approximate surface area is 390 Å². The Hall–Kier alpha value is -4.00. The number of hydrogen-bond donors (Lipinski definition) is 4. The smallest absolute Gasteiger partial charge is 0.185 e. The normalized spacial score (nSPS) is 16.1. The fourth-order valence-electron chi connectivity index (χ4n) is 7.92. The number of rotatable bonds is 24. The number of aromatic hydroxyl groups is 2. The van der Waals surface area contributed by atoms with Gasteiger partial charge in [-0.25, -0.2) is 0 Å². The average Bonchev–Trinajstić information content (AvgIpc) is 3.20. The summed E-state index contributed by atoms with van der Waals surface area (Å²) >= 11 is 0. The van der Waals surface area contributed by atoms with Gasteiger partial charge in [0.15, 0.2) is 11.6 Å². The molecule has 6 heteroatoms. The number of carbonyl (C=O) groups is 2. The maximum Gasteiger partial charge on any atom is 0.185 e. The third-order valence-corrected chi connectivity index (χ3v) is 13.1. The zero-order valence-electron chi connectivity index (χ0n) is 43.4. The van der Waals surface area contributed by atoms with Gasteiger partial charge >= 0.3 is 0 Å². The largest absolute Gasteiger partial charge is 0.507 e. The molecule has 0 spiro atoms. The van der Waals surface area contributed by atoms with E-state index in [1.54, 1.807) is 20.8 Å². The molecule has 0 radical (unpaired) electrons. The van der Waals surface area contributed by atoms with Crippen molar-refractivity contribution >= 4 is 11.6 Å². The maximum absolute atomic E-state index is 12.6. The van der Waals surface area contributed by atoms with Crippen molar-refractivity contribution in [3.05, 3.63) is 114 Å². The molecule has 2 rings (SSSR count). The van der Waals surface area contributed by atoms with Crippen molar-refractivity contribution in [3.63, 3.8) is 0 Å². The van der Waals surface area contributed by atoms with Gasteiger partial charge in [-0.3, -0.25) is 9.59 Å². The van der Waals surface area contributed by atoms with Crippen LogP contribution in [-0.2, 0) is 16.0 Å². The van der Waals surface area contributed by atoms with Gasteiger partial charge in [0.05, 0.1) is 11.2 Å². The number of carbonyl (C=O) groups excluding carboxylic acids is 2. The first kappa shape index (κ1) is 58.0. The predicted octanol–water partition coefficient (Wildman–Crippen LogP) is 15.4. The molecule has 64 heavy (non-hydrogen) atoms. The molecule has 1 aromatic rings. The third-order valence-electron chi connectivity index (χ3n) is 13.1. The highest BCUT2D eigenvalue weighted by Gasteiger charge is 2.30. The molecule has 0 saturated carbocycles. The molecule has 0 bridgehead atoms. The van der Waals surface area contributed by atoms with Gasteiger partial charge < -0.3 is 20.4 Å². The standard InChI is InChI=1S/C29H46O3.C29H44O3/c2*1-20(2)12-9-13-21(3)14-10-15-22(4)16-11-18-29(8,32)19-17-26-25(7)27(30)23(5)24(6)28(26)31/h12,14,16,30-32H,9-11,13,15,17-19H2,1-8H3;12,14,16,32H,9-11,13,15,17-19H2,1-8H3. The van der Waals surface area contributed by atoms with E-state index in [4.69, 9.17) is 0 Å². The van der Waals surface area contributed by atoms with Crippen molar-refractivity contribution in [1.29, 1.82) is 0 Å². The molecule has 0 fully saturated rings. The first-order valence-corrected chi connectivity index (χ1v) is 24.0. The van der Waals surface area contributed by atoms with Gasteiger partial charge in [0.2, 0.25) is 0 Å². The van der Waals surface area contributed by atoms with E-state index in [-0.39, 0.29) is 23.1 Å². The van der Waals surface area contributed by atoms with Crippen LogP contribution in [0.4, 0.5) is 0 Å². The van der Waals surface area contributed by atoms with E-state index in [2.05, 4.69) is 91.8 Å². The van der Waals surface area contributed by atoms with Gasteiger partial charge in [0.1, 0.15) is 11.5 Å². The zero-order chi connectivity index (χ0) is 48.9. The summed E-state index contributed by atoms with van der Waals surface area (Å²) in [5.41, 5.74) is 11.7. The summed E-state index contributed by atoms with van der Waals surface area (Å²) in [6, 6.07) is 0. The highest BCUT2D eigenvalue weighted by molar-refractivity contribution is 6.24. The van der Waals surface area contributed by atoms with Crippen LogP contribution in [0.15, 0.2) is 92.2 Å². The molecule has 2 unspecified atom stereocenters. The molecule has 4 N–H and O–H groups in total. The second-order valence-electron chi connectivity index (χ2n) is 20.1. The van der Waals surface area contributed by atoms with Crippen molar-refractivity contribution in [3.8, 4) is 11.5 Å². The van der Waals surface area contributed by atoms with E-state index in [1.165, 1.54) is 33.4 Å². The number of allylic oxidation sites excluding steroid dienone is 16. The first-order valence-electron chi connectivity index (χ1n) is 24.0. The SMILES string of the molecule is CC(C)=CCCC(C)=CCCC(C)=CCCC(C)(O)CCC1=C(C)C(=O)C(C)=C(C)C1=O.CC(C)=CCCC(C)=CCCC(C)=CCCC(C)(O)CCc1c(C)c(O)c(C)c(C)c1O. The van der Waals surface area contributed by atoms with Crippen molar-refractivity contribution in [1.82, 2.24) is 0 Å². The quantitative estimate of drug-likeness (QED) is 0.0467. The van der Waals surface area contributed by atoms with Gasteiger partial charge in [-0.1, -0.05) is 69.9 Å². The Morgan fingerprint density at radius 1 is 0.438 bits per heavy atom. The number of phenolic OH excluding ortho intramolecular Hbond substituents is 2. The third kappa shape index (κ3) is 21.3. The molecular weight excluding hydrogens is 793 g/mol. The van der Waals surface area contributed by atoms with E-state index in [0.717, 1.165) is 69.8 Å². The molecular formula is C58H90O6. The summed E-state index contributed by atoms with van der Waals surface area (Å²) < 4.78 is 0. The Bertz CT molecular complexity index is 1960. The number of ketones is 2. The van der Waals surface area contributed by atoms with E-state index in [9.17, 15) is 30.0 Å². The molecule has 2 atom stereocenters. The number of aliphatic hydroxyl groups is 2. The highest BCUT2D eigenvalue weighted by atomic mass is 16.3. The summed E-state index contributed by atoms with van der Waals surface area (Å²) in [6.45, 7) is 31.6. The minimum Gasteiger partial charge on any atom is -0.507 e. The molecule has 1 aromatic carbocycles. The molecule has 1 aliphatic carbocycles. The van der Waals surface area contributed by atoms with Crippen molar-refractivity contribution < 1.29 is 30.0 Å². The number of benzene rings is 1. The Kier molecular flexibility index (Phi) is 25.5. The summed E-state index contributed by atoms with van der Waals surface area (Å²) in [4.78, 5) is 24.9. The minimum atomic E-state index is -0.862. The van der Waals surface area contributed by atoms with Crippen LogP contribution in [0.1, 0.15) is 209 Å². The van der Waals surface area contributed by atoms with Crippen molar-refractivity contribution in [2.45, 2.75) is 225 Å². The molecule has 0 aliphatic heterocycles. The van der Waals surface area contributed by atoms with Crippen LogP contribution >= 0.6 is 0 Å². The molecule has 0 amide bonds. The molecule has 0 heterocycles. The topological polar surface area (TPSA) is 115 Å². The lowest BCUT2D eigenvalue weighted by Gasteiger charge is -2.25. The average molecular weight is 883 g/mol. The lowest BCUT2D eigenvalue weighted by molar-refractivity contribution is -0.116. The second-order valence-corrected chi connectivity index (χ2v) is 20.1. The van der Waals surface area contributed by atoms with Crippen LogP contribution < -0.4 is 0 Å². The second kappa shape index (κ2) is 28.1. The molecule has 1 aliphatic rings. The fourth-order valence-corrected chi connectivity index (χ4v) is 7.92. The number of hydrogen-bond acceptors (Lipinski definition) is 6. The van der Waals surface area contributed by atoms with Crippen LogP contribution in [0, 0.1) is 20.8 Å². The zero-order valence-corrected chi connectivity index (χ0v) is 43.4. The van der Waals surface area contributed by atoms with Crippen LogP contribution in [0.5, 0.6) is 11.5 Å². The summed E-state index contributed by atoms with van der Waals surface area (Å²) in [5.74, 6) is 0.398. The fraction of sp³-hybridized carbons (Fsp3) is 0.586. The predicted molar refractivity (Wildman–Crippen MR) is 273 cm³/mol. The van der Waals surface area contributed by atoms with Gasteiger partial charge in [-0.2, -0.15) is 0 Å². The van der Waals surface area contributed by atoms with Gasteiger partial charge in [-0.15, -0.1) is 0 Å². The Morgan fingerprint density at radius 3 is 1.19 bits per heavy atom. The minimum absolute atomic E-state index is 0.0449. The van der Waals surface area contributed by atoms with E-state index in [1.807, 2.05) is 34.6 Å². The first-order chi connectivity index (χ1) is 29.7. The highest BCUT2D eigenvalue weighted by Crippen LogP contribution is 2.38. The summed E-state index contributed by atoms with van der Waals surface area (Å²) in [7, 11) is 0. The van der Waals surface area contributed by atoms with Crippen molar-refractivity contribution in [2.24, 2.45) is 0 Å². The molecule has 6 nitrogen and oxygen atoms in total. The Morgan fingerprint density at radius 2 is 0.781 bits per heavy atom. The molecule has 0 aromatic heterocycles. The van der Waals surface area contributed by atoms with Gasteiger partial charge in [0, 0.05) is 27.9 Å². The van der Waals surface area contributed by atoms with E-state index >= 15 is 0 Å². The number of Topliss-reactive ketones (excluding diaryl/α,β-unsaturated/α-hetero) is 2. The lowest BCUT2D eigenvalue weighted by atomic mass is 9.82. The van der Waals surface area contributed by atoms with Crippen LogP contribution in [-0.4, -0.2) is 43.2 Å².